The Balaban J connectivity index is 1.82. The first-order chi connectivity index (χ1) is 16.0. The maximum absolute atomic E-state index is 11.8. The third kappa shape index (κ3) is 4.73. The number of rotatable bonds is 9. The molecule has 9 heteroatoms. The summed E-state index contributed by atoms with van der Waals surface area (Å²) in [5.41, 5.74) is 4.52. The number of nitrogens with zero attached hydrogens (tertiary/aromatic N) is 6. The molecule has 0 aliphatic heterocycles. The van der Waals surface area contributed by atoms with Crippen LogP contribution in [0.2, 0.25) is 0 Å². The van der Waals surface area contributed by atoms with E-state index in [0.717, 1.165) is 41.6 Å². The highest BCUT2D eigenvalue weighted by molar-refractivity contribution is 5.95. The quantitative estimate of drug-likeness (QED) is 0.315. The lowest BCUT2D eigenvalue weighted by Crippen LogP contribution is -2.20. The van der Waals surface area contributed by atoms with Gasteiger partial charge in [0.2, 0.25) is 5.91 Å². The molecule has 9 nitrogen and oxygen atoms in total. The van der Waals surface area contributed by atoms with Gasteiger partial charge in [-0.15, -0.1) is 0 Å². The maximum Gasteiger partial charge on any atom is 0.243 e. The number of amides is 1. The van der Waals surface area contributed by atoms with Crippen molar-refractivity contribution in [2.24, 2.45) is 0 Å². The minimum absolute atomic E-state index is 0.217. The summed E-state index contributed by atoms with van der Waals surface area (Å²) in [7, 11) is 4.05. The molecule has 3 heterocycles. The molecule has 4 aromatic rings. The number of benzene rings is 1. The number of hydrogen-bond donors (Lipinski definition) is 1. The zero-order valence-corrected chi connectivity index (χ0v) is 18.6. The molecule has 0 radical (unpaired) electrons. The number of aromatic nitrogens is 5. The van der Waals surface area contributed by atoms with Gasteiger partial charge in [0, 0.05) is 30.1 Å². The first-order valence-corrected chi connectivity index (χ1v) is 10.5. The lowest BCUT2D eigenvalue weighted by molar-refractivity contribution is -0.116. The number of fused-ring (bicyclic) bond motifs is 1. The van der Waals surface area contributed by atoms with Crippen LogP contribution in [-0.2, 0) is 17.9 Å². The fourth-order valence-electron chi connectivity index (χ4n) is 3.52. The molecule has 0 fully saturated rings. The molecule has 33 heavy (non-hydrogen) atoms. The normalized spacial score (nSPS) is 11.1. The van der Waals surface area contributed by atoms with Crippen LogP contribution in [0.25, 0.3) is 27.8 Å². The van der Waals surface area contributed by atoms with E-state index < -0.39 is 0 Å². The van der Waals surface area contributed by atoms with Crippen LogP contribution in [0.1, 0.15) is 16.1 Å². The second-order valence-corrected chi connectivity index (χ2v) is 7.84. The van der Waals surface area contributed by atoms with Crippen molar-refractivity contribution >= 4 is 23.2 Å². The van der Waals surface area contributed by atoms with Gasteiger partial charge in [-0.2, -0.15) is 10.2 Å². The zero-order valence-electron chi connectivity index (χ0n) is 18.6. The van der Waals surface area contributed by atoms with Crippen molar-refractivity contribution < 1.29 is 9.59 Å². The average molecular weight is 444 g/mol. The molecule has 1 N–H and O–H groups in total. The Morgan fingerprint density at radius 3 is 2.70 bits per heavy atom. The summed E-state index contributed by atoms with van der Waals surface area (Å²) < 4.78 is 3.63. The number of carbonyl (C=O) groups excluding carboxylic acids is 2. The van der Waals surface area contributed by atoms with E-state index in [-0.39, 0.29) is 12.5 Å². The number of pyridine rings is 1. The lowest BCUT2D eigenvalue weighted by atomic mass is 10.1. The minimum Gasteiger partial charge on any atom is -0.347 e. The summed E-state index contributed by atoms with van der Waals surface area (Å²) in [6.45, 7) is 5.37. The summed E-state index contributed by atoms with van der Waals surface area (Å²) in [6, 6.07) is 9.02. The second-order valence-electron chi connectivity index (χ2n) is 7.84. The van der Waals surface area contributed by atoms with Gasteiger partial charge < -0.3 is 10.2 Å². The van der Waals surface area contributed by atoms with Gasteiger partial charge in [-0.05, 0) is 56.1 Å². The highest BCUT2D eigenvalue weighted by atomic mass is 16.1. The SMILES string of the molecule is C=CC(=O)NCc1nn(-c2ccc(C=O)cc2)c2nccc(-c3cnn(CCN(C)C)c3)c12. The summed E-state index contributed by atoms with van der Waals surface area (Å²) in [5.74, 6) is -0.282. The van der Waals surface area contributed by atoms with Crippen molar-refractivity contribution in [1.29, 1.82) is 0 Å². The Bertz CT molecular complexity index is 1300. The average Bonchev–Trinajstić information content (AvgIpc) is 3.46. The fourth-order valence-corrected chi connectivity index (χ4v) is 3.52. The van der Waals surface area contributed by atoms with Crippen molar-refractivity contribution in [3.8, 4) is 16.8 Å². The zero-order chi connectivity index (χ0) is 23.4. The van der Waals surface area contributed by atoms with Crippen LogP contribution in [0.15, 0.2) is 61.6 Å². The van der Waals surface area contributed by atoms with Crippen LogP contribution in [0.3, 0.4) is 0 Å². The summed E-state index contributed by atoms with van der Waals surface area (Å²) in [5, 5.41) is 12.9. The largest absolute Gasteiger partial charge is 0.347 e. The van der Waals surface area contributed by atoms with Gasteiger partial charge in [0.25, 0.3) is 0 Å². The Hall–Kier alpha value is -4.11. The highest BCUT2D eigenvalue weighted by Crippen LogP contribution is 2.31. The molecule has 0 unspecified atom stereocenters. The van der Waals surface area contributed by atoms with Gasteiger partial charge in [0.15, 0.2) is 5.65 Å². The number of hydrogen-bond acceptors (Lipinski definition) is 6. The number of likely N-dealkylation sites (N-methyl/N-ethyl adjacent to an activating group) is 1. The van der Waals surface area contributed by atoms with Crippen LogP contribution in [0.5, 0.6) is 0 Å². The van der Waals surface area contributed by atoms with E-state index in [1.807, 2.05) is 49.4 Å². The highest BCUT2D eigenvalue weighted by Gasteiger charge is 2.19. The molecule has 0 saturated heterocycles. The summed E-state index contributed by atoms with van der Waals surface area (Å²) >= 11 is 0. The Morgan fingerprint density at radius 2 is 2.00 bits per heavy atom. The smallest absolute Gasteiger partial charge is 0.243 e. The second kappa shape index (κ2) is 9.58. The third-order valence-electron chi connectivity index (χ3n) is 5.25. The van der Waals surface area contributed by atoms with Gasteiger partial charge in [-0.25, -0.2) is 9.67 Å². The van der Waals surface area contributed by atoms with Gasteiger partial charge in [0.1, 0.15) is 6.29 Å². The molecule has 0 aliphatic rings. The first-order valence-electron chi connectivity index (χ1n) is 10.5. The van der Waals surface area contributed by atoms with E-state index in [9.17, 15) is 9.59 Å². The van der Waals surface area contributed by atoms with E-state index >= 15 is 0 Å². The van der Waals surface area contributed by atoms with E-state index in [0.29, 0.717) is 16.9 Å². The molecular weight excluding hydrogens is 418 g/mol. The summed E-state index contributed by atoms with van der Waals surface area (Å²) in [4.78, 5) is 29.6. The van der Waals surface area contributed by atoms with E-state index in [2.05, 4.69) is 26.9 Å². The van der Waals surface area contributed by atoms with Crippen molar-refractivity contribution in [2.75, 3.05) is 20.6 Å². The van der Waals surface area contributed by atoms with Gasteiger partial charge in [-0.1, -0.05) is 6.58 Å². The molecular formula is C24H25N7O2. The Kier molecular flexibility index (Phi) is 6.41. The third-order valence-corrected chi connectivity index (χ3v) is 5.25. The molecule has 1 amide bonds. The van der Waals surface area contributed by atoms with E-state index in [1.165, 1.54) is 6.08 Å². The van der Waals surface area contributed by atoms with Crippen molar-refractivity contribution in [3.63, 3.8) is 0 Å². The lowest BCUT2D eigenvalue weighted by Gasteiger charge is -2.08. The predicted octanol–water partition coefficient (Wildman–Crippen LogP) is 2.46. The molecule has 0 spiro atoms. The van der Waals surface area contributed by atoms with Gasteiger partial charge >= 0.3 is 0 Å². The Labute approximate surface area is 191 Å². The number of carbonyl (C=O) groups is 2. The maximum atomic E-state index is 11.8. The van der Waals surface area contributed by atoms with Crippen LogP contribution in [0, 0.1) is 0 Å². The van der Waals surface area contributed by atoms with Crippen molar-refractivity contribution in [2.45, 2.75) is 13.1 Å². The monoisotopic (exact) mass is 443 g/mol. The van der Waals surface area contributed by atoms with Crippen molar-refractivity contribution in [1.82, 2.24) is 34.8 Å². The predicted molar refractivity (Wildman–Crippen MR) is 126 cm³/mol. The molecule has 1 aromatic carbocycles. The molecule has 3 aromatic heterocycles. The number of aldehydes is 1. The van der Waals surface area contributed by atoms with Crippen LogP contribution >= 0.6 is 0 Å². The molecule has 4 rings (SSSR count). The van der Waals surface area contributed by atoms with Crippen LogP contribution in [-0.4, -0.2) is 62.3 Å². The van der Waals surface area contributed by atoms with Gasteiger partial charge in [0.05, 0.1) is 36.1 Å². The topological polar surface area (TPSA) is 97.9 Å². The summed E-state index contributed by atoms with van der Waals surface area (Å²) in [6.07, 6.45) is 7.59. The van der Waals surface area contributed by atoms with Crippen LogP contribution < -0.4 is 5.32 Å². The standard InChI is InChI=1S/C24H25N7O2/c1-4-22(33)26-14-21-23-20(18-13-27-30(15-18)12-11-29(2)3)9-10-25-24(23)31(28-21)19-7-5-17(16-32)6-8-19/h4-10,13,15-16H,1,11-12,14H2,2-3H3,(H,26,33). The molecule has 0 saturated carbocycles. The first kappa shape index (κ1) is 22.1. The fraction of sp³-hybridized carbons (Fsp3) is 0.208. The molecule has 168 valence electrons. The van der Waals surface area contributed by atoms with E-state index in [4.69, 9.17) is 5.10 Å². The number of nitrogens with one attached hydrogen (secondary N) is 1. The van der Waals surface area contributed by atoms with Crippen LogP contribution in [0.4, 0.5) is 0 Å². The molecule has 0 aliphatic carbocycles. The minimum atomic E-state index is -0.282. The van der Waals surface area contributed by atoms with E-state index in [1.54, 1.807) is 23.0 Å². The molecule has 0 bridgehead atoms. The van der Waals surface area contributed by atoms with Crippen molar-refractivity contribution in [3.05, 3.63) is 72.8 Å². The molecule has 0 atom stereocenters. The van der Waals surface area contributed by atoms with Gasteiger partial charge in [-0.3, -0.25) is 14.3 Å². The Morgan fingerprint density at radius 1 is 1.21 bits per heavy atom.